The molecule has 0 saturated heterocycles. The number of anilines is 2. The van der Waals surface area contributed by atoms with E-state index in [1.54, 1.807) is 31.2 Å². The Bertz CT molecular complexity index is 1030. The largest absolute Gasteiger partial charge is 0.325 e. The Morgan fingerprint density at radius 2 is 1.68 bits per heavy atom. The van der Waals surface area contributed by atoms with Crippen molar-refractivity contribution in [3.8, 4) is 0 Å². The number of rotatable bonds is 5. The number of benzene rings is 2. The summed E-state index contributed by atoms with van der Waals surface area (Å²) < 4.78 is 25.4. The molecule has 0 spiro atoms. The number of sulfonamides is 1. The lowest BCUT2D eigenvalue weighted by atomic mass is 10.0. The highest BCUT2D eigenvalue weighted by molar-refractivity contribution is 7.89. The molecular formula is C19H20N4O4S. The van der Waals surface area contributed by atoms with Crippen molar-refractivity contribution in [1.29, 1.82) is 0 Å². The van der Waals surface area contributed by atoms with Crippen LogP contribution in [0.25, 0.3) is 0 Å². The highest BCUT2D eigenvalue weighted by atomic mass is 32.2. The summed E-state index contributed by atoms with van der Waals surface area (Å²) in [6, 6.07) is 14.6. The first-order valence-corrected chi connectivity index (χ1v) is 9.93. The minimum atomic E-state index is -3.57. The maximum absolute atomic E-state index is 12.8. The van der Waals surface area contributed by atoms with E-state index in [1.807, 2.05) is 6.07 Å². The number of nitrogens with zero attached hydrogens (tertiary/aromatic N) is 3. The number of carbonyl (C=O) groups excluding carboxylic acids is 2. The molecule has 1 heterocycles. The van der Waals surface area contributed by atoms with Crippen LogP contribution in [0.4, 0.5) is 11.4 Å². The van der Waals surface area contributed by atoms with Gasteiger partial charge in [0.25, 0.3) is 5.91 Å². The van der Waals surface area contributed by atoms with Crippen molar-refractivity contribution in [2.75, 3.05) is 24.4 Å². The van der Waals surface area contributed by atoms with Crippen molar-refractivity contribution >= 4 is 38.9 Å². The second-order valence-electron chi connectivity index (χ2n) is 6.46. The standard InChI is InChI=1S/C19H20N4O4S/c1-13-17(18(24)20-14-7-5-4-6-8-14)19(25)23(21-13)15-9-11-16(12-10-15)28(26,27)22(2)3/h4-12,17H,1-3H3,(H,20,24). The topological polar surface area (TPSA) is 99.2 Å². The Kier molecular flexibility index (Phi) is 5.30. The molecule has 0 bridgehead atoms. The SMILES string of the molecule is CC1=NN(c2ccc(S(=O)(=O)N(C)C)cc2)C(=O)C1C(=O)Nc1ccccc1. The van der Waals surface area contributed by atoms with E-state index >= 15 is 0 Å². The second-order valence-corrected chi connectivity index (χ2v) is 8.61. The molecule has 9 heteroatoms. The molecule has 2 aromatic carbocycles. The van der Waals surface area contributed by atoms with Gasteiger partial charge in [-0.2, -0.15) is 10.1 Å². The fourth-order valence-corrected chi connectivity index (χ4v) is 3.66. The molecule has 28 heavy (non-hydrogen) atoms. The van der Waals surface area contributed by atoms with Crippen molar-refractivity contribution in [1.82, 2.24) is 4.31 Å². The number of hydrogen-bond donors (Lipinski definition) is 1. The van der Waals surface area contributed by atoms with Crippen LogP contribution in [0.5, 0.6) is 0 Å². The van der Waals surface area contributed by atoms with Crippen molar-refractivity contribution in [3.63, 3.8) is 0 Å². The molecule has 146 valence electrons. The maximum Gasteiger partial charge on any atom is 0.265 e. The fourth-order valence-electron chi connectivity index (χ4n) is 2.76. The Balaban J connectivity index is 1.80. The summed E-state index contributed by atoms with van der Waals surface area (Å²) >= 11 is 0. The van der Waals surface area contributed by atoms with Crippen molar-refractivity contribution in [3.05, 3.63) is 54.6 Å². The molecule has 1 atom stereocenters. The molecule has 1 unspecified atom stereocenters. The Labute approximate surface area is 163 Å². The Morgan fingerprint density at radius 1 is 1.07 bits per heavy atom. The molecule has 2 amide bonds. The van der Waals surface area contributed by atoms with Crippen LogP contribution >= 0.6 is 0 Å². The van der Waals surface area contributed by atoms with Crippen LogP contribution in [0.1, 0.15) is 6.92 Å². The van der Waals surface area contributed by atoms with Crippen LogP contribution in [0.2, 0.25) is 0 Å². The highest BCUT2D eigenvalue weighted by Crippen LogP contribution is 2.26. The van der Waals surface area contributed by atoms with E-state index < -0.39 is 27.8 Å². The number of hydrazone groups is 1. The first-order chi connectivity index (χ1) is 13.2. The van der Waals surface area contributed by atoms with E-state index in [0.717, 1.165) is 9.31 Å². The van der Waals surface area contributed by atoms with Gasteiger partial charge in [-0.15, -0.1) is 0 Å². The zero-order valence-corrected chi connectivity index (χ0v) is 16.5. The molecule has 0 fully saturated rings. The summed E-state index contributed by atoms with van der Waals surface area (Å²) in [6.07, 6.45) is 0. The Hall–Kier alpha value is -3.04. The molecule has 1 aliphatic rings. The van der Waals surface area contributed by atoms with E-state index in [2.05, 4.69) is 10.4 Å². The molecule has 3 rings (SSSR count). The third-order valence-corrected chi connectivity index (χ3v) is 6.12. The first-order valence-electron chi connectivity index (χ1n) is 8.49. The molecule has 0 radical (unpaired) electrons. The average molecular weight is 400 g/mol. The van der Waals surface area contributed by atoms with E-state index in [-0.39, 0.29) is 4.90 Å². The molecule has 0 aromatic heterocycles. The van der Waals surface area contributed by atoms with Gasteiger partial charge in [-0.05, 0) is 43.3 Å². The van der Waals surface area contributed by atoms with Crippen LogP contribution in [-0.4, -0.2) is 44.3 Å². The number of para-hydroxylation sites is 1. The van der Waals surface area contributed by atoms with Crippen LogP contribution in [0.3, 0.4) is 0 Å². The Morgan fingerprint density at radius 3 is 2.25 bits per heavy atom. The van der Waals surface area contributed by atoms with Crippen LogP contribution in [-0.2, 0) is 19.6 Å². The molecule has 0 aliphatic carbocycles. The van der Waals surface area contributed by atoms with E-state index in [0.29, 0.717) is 17.1 Å². The minimum Gasteiger partial charge on any atom is -0.325 e. The van der Waals surface area contributed by atoms with Gasteiger partial charge in [0.15, 0.2) is 5.92 Å². The molecule has 8 nitrogen and oxygen atoms in total. The summed E-state index contributed by atoms with van der Waals surface area (Å²) in [4.78, 5) is 25.4. The molecule has 2 aromatic rings. The van der Waals surface area contributed by atoms with Gasteiger partial charge >= 0.3 is 0 Å². The van der Waals surface area contributed by atoms with Crippen molar-refractivity contribution in [2.24, 2.45) is 11.0 Å². The molecular weight excluding hydrogens is 380 g/mol. The summed E-state index contributed by atoms with van der Waals surface area (Å²) in [5.74, 6) is -1.99. The highest BCUT2D eigenvalue weighted by Gasteiger charge is 2.39. The first kappa shape index (κ1) is 19.7. The van der Waals surface area contributed by atoms with Crippen molar-refractivity contribution < 1.29 is 18.0 Å². The summed E-state index contributed by atoms with van der Waals surface area (Å²) in [5, 5.41) is 8.02. The summed E-state index contributed by atoms with van der Waals surface area (Å²) in [6.45, 7) is 1.61. The second kappa shape index (κ2) is 7.53. The monoisotopic (exact) mass is 400 g/mol. The predicted molar refractivity (Wildman–Crippen MR) is 106 cm³/mol. The van der Waals surface area contributed by atoms with Crippen LogP contribution in [0, 0.1) is 5.92 Å². The van der Waals surface area contributed by atoms with Gasteiger partial charge < -0.3 is 5.32 Å². The number of carbonyl (C=O) groups is 2. The number of amides is 2. The summed E-state index contributed by atoms with van der Waals surface area (Å²) in [5.41, 5.74) is 1.34. The van der Waals surface area contributed by atoms with Crippen LogP contribution in [0.15, 0.2) is 64.6 Å². The maximum atomic E-state index is 12.8. The van der Waals surface area contributed by atoms with Gasteiger partial charge in [0.2, 0.25) is 15.9 Å². The lowest BCUT2D eigenvalue weighted by Gasteiger charge is -2.16. The van der Waals surface area contributed by atoms with Gasteiger partial charge in [-0.1, -0.05) is 18.2 Å². The normalized spacial score (nSPS) is 17.0. The zero-order valence-electron chi connectivity index (χ0n) is 15.7. The lowest BCUT2D eigenvalue weighted by molar-refractivity contribution is -0.127. The molecule has 1 aliphatic heterocycles. The number of nitrogens with one attached hydrogen (secondary N) is 1. The smallest absolute Gasteiger partial charge is 0.265 e. The minimum absolute atomic E-state index is 0.104. The van der Waals surface area contributed by atoms with E-state index in [9.17, 15) is 18.0 Å². The lowest BCUT2D eigenvalue weighted by Crippen LogP contribution is -2.36. The van der Waals surface area contributed by atoms with Crippen molar-refractivity contribution in [2.45, 2.75) is 11.8 Å². The third-order valence-electron chi connectivity index (χ3n) is 4.29. The quantitative estimate of drug-likeness (QED) is 0.775. The predicted octanol–water partition coefficient (Wildman–Crippen LogP) is 1.91. The third kappa shape index (κ3) is 3.67. The average Bonchev–Trinajstić information content (AvgIpc) is 2.96. The molecule has 0 saturated carbocycles. The molecule has 1 N–H and O–H groups in total. The number of hydrogen-bond acceptors (Lipinski definition) is 5. The zero-order chi connectivity index (χ0) is 20.5. The fraction of sp³-hybridized carbons (Fsp3) is 0.211. The van der Waals surface area contributed by atoms with Gasteiger partial charge in [0.05, 0.1) is 16.3 Å². The van der Waals surface area contributed by atoms with Gasteiger partial charge in [-0.3, -0.25) is 9.59 Å². The van der Waals surface area contributed by atoms with E-state index in [1.165, 1.54) is 38.4 Å². The van der Waals surface area contributed by atoms with Gasteiger partial charge in [0.1, 0.15) is 0 Å². The van der Waals surface area contributed by atoms with Gasteiger partial charge in [-0.25, -0.2) is 12.7 Å². The van der Waals surface area contributed by atoms with Gasteiger partial charge in [0, 0.05) is 19.8 Å². The van der Waals surface area contributed by atoms with E-state index in [4.69, 9.17) is 0 Å². The van der Waals surface area contributed by atoms with Crippen LogP contribution < -0.4 is 10.3 Å². The summed E-state index contributed by atoms with van der Waals surface area (Å²) in [7, 11) is -0.688.